The Kier molecular flexibility index (Phi) is 10.2. The first-order chi connectivity index (χ1) is 21.7. The number of aryl methyl sites for hydroxylation is 2. The zero-order valence-electron chi connectivity index (χ0n) is 25.1. The van der Waals surface area contributed by atoms with E-state index in [4.69, 9.17) is 9.47 Å². The van der Waals surface area contributed by atoms with Gasteiger partial charge in [-0.3, -0.25) is 14.2 Å². The molecule has 2 heterocycles. The molecule has 1 aliphatic rings. The molecular formula is C31H34N6O6S2. The van der Waals surface area contributed by atoms with Crippen LogP contribution in [-0.2, 0) is 26.1 Å². The smallest absolute Gasteiger partial charge is 0.251 e. The van der Waals surface area contributed by atoms with E-state index in [0.717, 1.165) is 16.8 Å². The number of rotatable bonds is 11. The first-order valence-electron chi connectivity index (χ1n) is 14.2. The van der Waals surface area contributed by atoms with E-state index in [-0.39, 0.29) is 23.1 Å². The molecule has 1 aliphatic heterocycles. The minimum absolute atomic E-state index is 0.0473. The Bertz CT molecular complexity index is 1770. The summed E-state index contributed by atoms with van der Waals surface area (Å²) in [5, 5.41) is 14.9. The van der Waals surface area contributed by atoms with E-state index < -0.39 is 15.9 Å². The number of nitrogens with zero attached hydrogens (tertiary/aromatic N) is 4. The number of aromatic nitrogens is 3. The van der Waals surface area contributed by atoms with Crippen LogP contribution in [0.4, 0.5) is 5.69 Å². The summed E-state index contributed by atoms with van der Waals surface area (Å²) in [6.45, 7) is 5.28. The lowest BCUT2D eigenvalue weighted by atomic mass is 10.1. The molecule has 45 heavy (non-hydrogen) atoms. The van der Waals surface area contributed by atoms with Crippen molar-refractivity contribution in [1.29, 1.82) is 0 Å². The number of benzene rings is 3. The first-order valence-corrected chi connectivity index (χ1v) is 16.6. The molecule has 1 fully saturated rings. The van der Waals surface area contributed by atoms with Gasteiger partial charge in [-0.15, -0.1) is 10.2 Å². The van der Waals surface area contributed by atoms with Gasteiger partial charge in [0.2, 0.25) is 15.9 Å². The van der Waals surface area contributed by atoms with E-state index in [1.165, 1.54) is 40.3 Å². The predicted octanol–water partition coefficient (Wildman–Crippen LogP) is 3.57. The highest BCUT2D eigenvalue weighted by Crippen LogP contribution is 2.26. The Morgan fingerprint density at radius 3 is 2.38 bits per heavy atom. The molecule has 2 amide bonds. The fraction of sp³-hybridized carbons (Fsp3) is 0.290. The maximum atomic E-state index is 13.1. The molecular weight excluding hydrogens is 617 g/mol. The molecule has 236 valence electrons. The molecule has 0 aliphatic carbocycles. The van der Waals surface area contributed by atoms with Crippen LogP contribution in [0.2, 0.25) is 0 Å². The molecule has 12 nitrogen and oxygen atoms in total. The van der Waals surface area contributed by atoms with Crippen LogP contribution in [0.5, 0.6) is 5.75 Å². The first kappa shape index (κ1) is 32.2. The van der Waals surface area contributed by atoms with Crippen LogP contribution in [0, 0.1) is 13.8 Å². The van der Waals surface area contributed by atoms with Crippen LogP contribution in [0.1, 0.15) is 27.3 Å². The van der Waals surface area contributed by atoms with Crippen molar-refractivity contribution in [3.63, 3.8) is 0 Å². The van der Waals surface area contributed by atoms with Gasteiger partial charge in [0.15, 0.2) is 11.0 Å². The summed E-state index contributed by atoms with van der Waals surface area (Å²) in [7, 11) is -2.09. The Balaban J connectivity index is 1.29. The Morgan fingerprint density at radius 2 is 1.69 bits per heavy atom. The van der Waals surface area contributed by atoms with E-state index in [1.54, 1.807) is 31.4 Å². The molecule has 3 aromatic carbocycles. The summed E-state index contributed by atoms with van der Waals surface area (Å²) in [6.07, 6.45) is 0. The van der Waals surface area contributed by atoms with Crippen LogP contribution in [0.15, 0.2) is 76.8 Å². The number of thioether (sulfide) groups is 1. The highest BCUT2D eigenvalue weighted by Gasteiger charge is 2.26. The monoisotopic (exact) mass is 650 g/mol. The molecule has 0 unspecified atom stereocenters. The quantitative estimate of drug-likeness (QED) is 0.233. The summed E-state index contributed by atoms with van der Waals surface area (Å²) < 4.78 is 39.5. The highest BCUT2D eigenvalue weighted by atomic mass is 32.2. The predicted molar refractivity (Wildman–Crippen MR) is 170 cm³/mol. The van der Waals surface area contributed by atoms with Crippen molar-refractivity contribution in [3.05, 3.63) is 89.2 Å². The minimum Gasteiger partial charge on any atom is -0.497 e. The largest absolute Gasteiger partial charge is 0.497 e. The maximum Gasteiger partial charge on any atom is 0.251 e. The number of carbonyl (C=O) groups is 2. The zero-order chi connectivity index (χ0) is 32.0. The number of nitrogens with one attached hydrogen (secondary N) is 2. The summed E-state index contributed by atoms with van der Waals surface area (Å²) in [5.74, 6) is 0.642. The van der Waals surface area contributed by atoms with Crippen molar-refractivity contribution in [2.45, 2.75) is 30.4 Å². The molecule has 0 atom stereocenters. The second-order valence-electron chi connectivity index (χ2n) is 10.3. The third kappa shape index (κ3) is 7.71. The van der Waals surface area contributed by atoms with Crippen molar-refractivity contribution in [2.24, 2.45) is 0 Å². The zero-order valence-corrected chi connectivity index (χ0v) is 26.8. The molecule has 2 N–H and O–H groups in total. The summed E-state index contributed by atoms with van der Waals surface area (Å²) in [5.41, 5.74) is 3.78. The Labute approximate surface area is 266 Å². The van der Waals surface area contributed by atoms with Gasteiger partial charge >= 0.3 is 0 Å². The molecule has 0 spiro atoms. The summed E-state index contributed by atoms with van der Waals surface area (Å²) in [4.78, 5) is 25.9. The third-order valence-electron chi connectivity index (χ3n) is 7.14. The number of hydrogen-bond donors (Lipinski definition) is 2. The average Bonchev–Trinajstić information content (AvgIpc) is 3.47. The lowest BCUT2D eigenvalue weighted by molar-refractivity contribution is -0.113. The fourth-order valence-corrected chi connectivity index (χ4v) is 6.86. The minimum atomic E-state index is -3.67. The van der Waals surface area contributed by atoms with E-state index in [1.807, 2.05) is 36.6 Å². The van der Waals surface area contributed by atoms with Gasteiger partial charge in [0.1, 0.15) is 5.75 Å². The van der Waals surface area contributed by atoms with Gasteiger partial charge in [0.05, 0.1) is 43.2 Å². The van der Waals surface area contributed by atoms with Crippen molar-refractivity contribution in [2.75, 3.05) is 44.5 Å². The van der Waals surface area contributed by atoms with Gasteiger partial charge in [-0.05, 0) is 79.6 Å². The number of anilines is 1. The second-order valence-corrected chi connectivity index (χ2v) is 13.2. The molecule has 4 aromatic rings. The average molecular weight is 651 g/mol. The molecule has 1 saturated heterocycles. The maximum absolute atomic E-state index is 13.1. The molecule has 5 rings (SSSR count). The Morgan fingerprint density at radius 1 is 0.978 bits per heavy atom. The standard InChI is InChI=1S/C31H34N6O6S2/c1-21-4-5-22(2)27(18-21)37-28(34-35-31(37)44-20-29(38)33-24-8-10-25(42-3)11-9-24)19-32-30(39)23-6-12-26(13-7-23)45(40,41)36-14-16-43-17-15-36/h4-13,18H,14-17,19-20H2,1-3H3,(H,32,39)(H,33,38). The number of amides is 2. The van der Waals surface area contributed by atoms with Crippen molar-refractivity contribution in [1.82, 2.24) is 24.4 Å². The van der Waals surface area contributed by atoms with E-state index in [0.29, 0.717) is 54.3 Å². The van der Waals surface area contributed by atoms with E-state index >= 15 is 0 Å². The number of methoxy groups -OCH3 is 1. The fourth-order valence-electron chi connectivity index (χ4n) is 4.69. The van der Waals surface area contributed by atoms with Crippen LogP contribution in [0.3, 0.4) is 0 Å². The topological polar surface area (TPSA) is 145 Å². The summed E-state index contributed by atoms with van der Waals surface area (Å²) >= 11 is 1.23. The van der Waals surface area contributed by atoms with Crippen LogP contribution >= 0.6 is 11.8 Å². The molecule has 0 saturated carbocycles. The Hall–Kier alpha value is -4.24. The van der Waals surface area contributed by atoms with Crippen LogP contribution in [0.25, 0.3) is 5.69 Å². The van der Waals surface area contributed by atoms with Crippen LogP contribution < -0.4 is 15.4 Å². The number of morpholine rings is 1. The number of carbonyl (C=O) groups excluding carboxylic acids is 2. The lowest BCUT2D eigenvalue weighted by Crippen LogP contribution is -2.40. The van der Waals surface area contributed by atoms with Crippen molar-refractivity contribution >= 4 is 39.3 Å². The SMILES string of the molecule is COc1ccc(NC(=O)CSc2nnc(CNC(=O)c3ccc(S(=O)(=O)N4CCOCC4)cc3)n2-c2cc(C)ccc2C)cc1. The summed E-state index contributed by atoms with van der Waals surface area (Å²) in [6, 6.07) is 18.9. The van der Waals surface area contributed by atoms with E-state index in [9.17, 15) is 18.0 Å². The van der Waals surface area contributed by atoms with Gasteiger partial charge in [-0.1, -0.05) is 23.9 Å². The van der Waals surface area contributed by atoms with Crippen LogP contribution in [-0.4, -0.2) is 78.5 Å². The third-order valence-corrected chi connectivity index (χ3v) is 9.99. The van der Waals surface area contributed by atoms with Gasteiger partial charge in [-0.25, -0.2) is 8.42 Å². The molecule has 0 radical (unpaired) electrons. The number of sulfonamides is 1. The van der Waals surface area contributed by atoms with Gasteiger partial charge in [0.25, 0.3) is 5.91 Å². The van der Waals surface area contributed by atoms with E-state index in [2.05, 4.69) is 20.8 Å². The number of hydrogen-bond acceptors (Lipinski definition) is 9. The molecule has 0 bridgehead atoms. The lowest BCUT2D eigenvalue weighted by Gasteiger charge is -2.26. The van der Waals surface area contributed by atoms with Gasteiger partial charge in [-0.2, -0.15) is 4.31 Å². The second kappa shape index (κ2) is 14.2. The highest BCUT2D eigenvalue weighted by molar-refractivity contribution is 7.99. The normalized spacial score (nSPS) is 13.8. The van der Waals surface area contributed by atoms with Crippen molar-refractivity contribution < 1.29 is 27.5 Å². The molecule has 1 aromatic heterocycles. The molecule has 14 heteroatoms. The van der Waals surface area contributed by atoms with Gasteiger partial charge < -0.3 is 20.1 Å². The van der Waals surface area contributed by atoms with Gasteiger partial charge in [0, 0.05) is 24.3 Å². The van der Waals surface area contributed by atoms with Crippen molar-refractivity contribution in [3.8, 4) is 11.4 Å². The number of ether oxygens (including phenoxy) is 2.